The molecule has 0 saturated heterocycles. The average Bonchev–Trinajstić information content (AvgIpc) is 3.74. The molecule has 0 unspecified atom stereocenters. The number of fused-ring (bicyclic) bond motifs is 1. The largest absolute Gasteiger partial charge is 0.469 e. The van der Waals surface area contributed by atoms with E-state index >= 15 is 4.79 Å². The zero-order valence-corrected chi connectivity index (χ0v) is 27.4. The topological polar surface area (TPSA) is 155 Å². The number of carbonyl (C=O) groups excluding carboxylic acids is 4. The Labute approximate surface area is 277 Å². The van der Waals surface area contributed by atoms with Crippen molar-refractivity contribution in [3.8, 4) is 0 Å². The second-order valence-corrected chi connectivity index (χ2v) is 12.8. The molecule has 0 bridgehead atoms. The standard InChI is InChI=1S/C36H38N2O10/c1-6-46-29(40)21-24-23(18-19-28(39)45-5)30(27-17-12-20-47-27)32(38(43)44)31(24)36(22-13-8-7-9-14-22)25-15-10-11-16-26(25)37(33(36)41)34(42)48-35(2,3)4/h7-20,23-24,30-32H,6,21H2,1-5H3/b19-18+/t23-,24-,30-,31+,32+,36-/m0/s1. The zero-order chi connectivity index (χ0) is 34.8. The van der Waals surface area contributed by atoms with Gasteiger partial charge in [0, 0.05) is 17.4 Å². The summed E-state index contributed by atoms with van der Waals surface area (Å²) in [4.78, 5) is 68.9. The number of methoxy groups -OCH3 is 1. The summed E-state index contributed by atoms with van der Waals surface area (Å²) < 4.78 is 21.7. The Bertz CT molecular complexity index is 1710. The summed E-state index contributed by atoms with van der Waals surface area (Å²) in [6, 6.07) is 16.8. The number of nitrogens with zero attached hydrogens (tertiary/aromatic N) is 2. The molecule has 0 radical (unpaired) electrons. The fourth-order valence-corrected chi connectivity index (χ4v) is 7.47. The molecular formula is C36H38N2O10. The number of ether oxygens (including phenoxy) is 3. The van der Waals surface area contributed by atoms with E-state index in [0.717, 1.165) is 11.0 Å². The Balaban J connectivity index is 1.87. The molecule has 1 fully saturated rings. The molecule has 48 heavy (non-hydrogen) atoms. The predicted octanol–water partition coefficient (Wildman–Crippen LogP) is 5.82. The molecule has 1 aliphatic heterocycles. The summed E-state index contributed by atoms with van der Waals surface area (Å²) in [5.74, 6) is -6.07. The highest BCUT2D eigenvalue weighted by Gasteiger charge is 2.71. The number of hydrogen-bond acceptors (Lipinski definition) is 10. The van der Waals surface area contributed by atoms with E-state index in [1.165, 1.54) is 19.4 Å². The zero-order valence-electron chi connectivity index (χ0n) is 27.4. The van der Waals surface area contributed by atoms with Crippen LogP contribution in [0.15, 0.2) is 89.6 Å². The number of para-hydroxylation sites is 1. The number of rotatable bonds is 9. The third-order valence-electron chi connectivity index (χ3n) is 9.00. The van der Waals surface area contributed by atoms with E-state index in [9.17, 15) is 24.5 Å². The van der Waals surface area contributed by atoms with Crippen LogP contribution in [-0.4, -0.2) is 54.2 Å². The summed E-state index contributed by atoms with van der Waals surface area (Å²) >= 11 is 0. The monoisotopic (exact) mass is 658 g/mol. The highest BCUT2D eigenvalue weighted by Crippen LogP contribution is 2.62. The van der Waals surface area contributed by atoms with Crippen molar-refractivity contribution in [1.29, 1.82) is 0 Å². The summed E-state index contributed by atoms with van der Waals surface area (Å²) in [5.41, 5.74) is -1.91. The van der Waals surface area contributed by atoms with Crippen LogP contribution in [0.2, 0.25) is 0 Å². The first-order valence-electron chi connectivity index (χ1n) is 15.7. The maximum Gasteiger partial charge on any atom is 0.421 e. The Kier molecular flexibility index (Phi) is 9.56. The first-order chi connectivity index (χ1) is 22.9. The molecule has 1 aliphatic carbocycles. The lowest BCUT2D eigenvalue weighted by Crippen LogP contribution is -2.54. The molecule has 252 valence electrons. The number of nitro groups is 1. The highest BCUT2D eigenvalue weighted by molar-refractivity contribution is 6.22. The summed E-state index contributed by atoms with van der Waals surface area (Å²) in [6.45, 7) is 6.71. The minimum absolute atomic E-state index is 0.0528. The fourth-order valence-electron chi connectivity index (χ4n) is 7.47. The molecule has 12 heteroatoms. The van der Waals surface area contributed by atoms with Crippen LogP contribution in [0, 0.1) is 27.9 Å². The van der Waals surface area contributed by atoms with Gasteiger partial charge in [0.25, 0.3) is 5.91 Å². The third-order valence-corrected chi connectivity index (χ3v) is 9.00. The number of amides is 2. The predicted molar refractivity (Wildman–Crippen MR) is 172 cm³/mol. The van der Waals surface area contributed by atoms with E-state index in [1.54, 1.807) is 94.4 Å². The van der Waals surface area contributed by atoms with Crippen molar-refractivity contribution in [3.63, 3.8) is 0 Å². The van der Waals surface area contributed by atoms with Crippen LogP contribution in [0.25, 0.3) is 0 Å². The second kappa shape index (κ2) is 13.5. The number of carbonyl (C=O) groups is 4. The van der Waals surface area contributed by atoms with Crippen molar-refractivity contribution in [2.75, 3.05) is 18.6 Å². The number of esters is 2. The van der Waals surface area contributed by atoms with Gasteiger partial charge < -0.3 is 18.6 Å². The highest BCUT2D eigenvalue weighted by atomic mass is 16.6. The lowest BCUT2D eigenvalue weighted by atomic mass is 9.60. The number of imide groups is 1. The van der Waals surface area contributed by atoms with E-state index < -0.39 is 69.6 Å². The van der Waals surface area contributed by atoms with E-state index in [1.807, 2.05) is 0 Å². The van der Waals surface area contributed by atoms with Crippen LogP contribution in [0.4, 0.5) is 10.5 Å². The SMILES string of the molecule is CCOC(=O)C[C@H]1[C@H](/C=C/C(=O)OC)[C@@H](c2ccco2)[C@@H]([N+](=O)[O-])[C@@H]1[C@@]1(c2ccccc2)C(=O)N(C(=O)OC(C)(C)C)c2ccccc21. The van der Waals surface area contributed by atoms with Crippen LogP contribution in [-0.2, 0) is 34.0 Å². The fraction of sp³-hybridized carbons (Fsp3) is 0.389. The molecule has 0 N–H and O–H groups in total. The Morgan fingerprint density at radius 3 is 2.33 bits per heavy atom. The molecule has 0 spiro atoms. The summed E-state index contributed by atoms with van der Waals surface area (Å²) in [6.07, 6.45) is 2.74. The average molecular weight is 659 g/mol. The van der Waals surface area contributed by atoms with Crippen molar-refractivity contribution < 1.29 is 42.7 Å². The van der Waals surface area contributed by atoms with E-state index in [2.05, 4.69) is 0 Å². The minimum Gasteiger partial charge on any atom is -0.469 e. The molecule has 2 amide bonds. The quantitative estimate of drug-likeness (QED) is 0.0903. The minimum atomic E-state index is -1.87. The van der Waals surface area contributed by atoms with Gasteiger partial charge in [0.05, 0.1) is 37.5 Å². The normalized spacial score (nSPS) is 25.1. The molecule has 2 aliphatic rings. The van der Waals surface area contributed by atoms with Crippen molar-refractivity contribution >= 4 is 29.6 Å². The Morgan fingerprint density at radius 2 is 1.73 bits per heavy atom. The molecule has 6 atom stereocenters. The van der Waals surface area contributed by atoms with Gasteiger partial charge >= 0.3 is 18.0 Å². The van der Waals surface area contributed by atoms with Gasteiger partial charge in [-0.1, -0.05) is 54.6 Å². The van der Waals surface area contributed by atoms with Gasteiger partial charge in [0.2, 0.25) is 6.04 Å². The molecule has 3 aromatic rings. The first-order valence-corrected chi connectivity index (χ1v) is 15.7. The van der Waals surface area contributed by atoms with Crippen LogP contribution in [0.3, 0.4) is 0 Å². The number of allylic oxidation sites excluding steroid dienone is 1. The maximum atomic E-state index is 15.3. The number of benzene rings is 2. The molecule has 2 aromatic carbocycles. The van der Waals surface area contributed by atoms with Gasteiger partial charge in [-0.05, 0) is 68.9 Å². The molecule has 5 rings (SSSR count). The van der Waals surface area contributed by atoms with Crippen molar-refractivity contribution in [2.45, 2.75) is 57.1 Å². The number of hydrogen-bond donors (Lipinski definition) is 0. The van der Waals surface area contributed by atoms with E-state index in [0.29, 0.717) is 11.1 Å². The maximum absolute atomic E-state index is 15.3. The van der Waals surface area contributed by atoms with Gasteiger partial charge in [0.1, 0.15) is 16.8 Å². The molecule has 1 aromatic heterocycles. The third kappa shape index (κ3) is 5.98. The van der Waals surface area contributed by atoms with Gasteiger partial charge in [-0.25, -0.2) is 14.5 Å². The Morgan fingerprint density at radius 1 is 1.04 bits per heavy atom. The van der Waals surface area contributed by atoms with Crippen LogP contribution in [0.1, 0.15) is 56.9 Å². The molecule has 12 nitrogen and oxygen atoms in total. The van der Waals surface area contributed by atoms with E-state index in [4.69, 9.17) is 18.6 Å². The van der Waals surface area contributed by atoms with Crippen LogP contribution in [0.5, 0.6) is 0 Å². The van der Waals surface area contributed by atoms with Crippen molar-refractivity contribution in [2.24, 2.45) is 17.8 Å². The van der Waals surface area contributed by atoms with E-state index in [-0.39, 0.29) is 24.5 Å². The Hall–Kier alpha value is -5.26. The van der Waals surface area contributed by atoms with Crippen LogP contribution < -0.4 is 4.90 Å². The summed E-state index contributed by atoms with van der Waals surface area (Å²) in [7, 11) is 1.20. The number of furan rings is 1. The lowest BCUT2D eigenvalue weighted by Gasteiger charge is -2.39. The lowest BCUT2D eigenvalue weighted by molar-refractivity contribution is -0.535. The molecule has 1 saturated carbocycles. The van der Waals surface area contributed by atoms with Gasteiger partial charge in [0.15, 0.2) is 0 Å². The van der Waals surface area contributed by atoms with Crippen molar-refractivity contribution in [3.05, 3.63) is 112 Å². The molecule has 2 heterocycles. The second-order valence-electron chi connectivity index (χ2n) is 12.8. The smallest absolute Gasteiger partial charge is 0.421 e. The van der Waals surface area contributed by atoms with Gasteiger partial charge in [-0.3, -0.25) is 19.7 Å². The van der Waals surface area contributed by atoms with Crippen molar-refractivity contribution in [1.82, 2.24) is 0 Å². The first kappa shape index (κ1) is 34.1. The molecular weight excluding hydrogens is 620 g/mol. The van der Waals surface area contributed by atoms with Gasteiger partial charge in [-0.2, -0.15) is 0 Å². The summed E-state index contributed by atoms with van der Waals surface area (Å²) in [5, 5.41) is 13.5. The number of anilines is 1. The van der Waals surface area contributed by atoms with Gasteiger partial charge in [-0.15, -0.1) is 0 Å². The van der Waals surface area contributed by atoms with Crippen LogP contribution >= 0.6 is 0 Å².